The van der Waals surface area contributed by atoms with Crippen LogP contribution in [0.15, 0.2) is 0 Å². The third-order valence-corrected chi connectivity index (χ3v) is 7.09. The zero-order valence-electron chi connectivity index (χ0n) is 13.8. The summed E-state index contributed by atoms with van der Waals surface area (Å²) in [5, 5.41) is 0. The van der Waals surface area contributed by atoms with E-state index < -0.39 is 55.3 Å². The second-order valence-electron chi connectivity index (χ2n) is 5.83. The Balaban J connectivity index is 5.15. The minimum atomic E-state index is -4.55. The van der Waals surface area contributed by atoms with Crippen molar-refractivity contribution in [2.24, 2.45) is 0 Å². The summed E-state index contributed by atoms with van der Waals surface area (Å²) in [5.74, 6) is 0. The smallest absolute Gasteiger partial charge is 0.341 e. The van der Waals surface area contributed by atoms with Gasteiger partial charge in [-0.1, -0.05) is 0 Å². The van der Waals surface area contributed by atoms with Gasteiger partial charge in [-0.25, -0.2) is 0 Å². The summed E-state index contributed by atoms with van der Waals surface area (Å²) in [5.41, 5.74) is 0. The Labute approximate surface area is 144 Å². The Morgan fingerprint density at radius 3 is 1.36 bits per heavy atom. The molecule has 0 saturated carbocycles. The zero-order valence-corrected chi connectivity index (χ0v) is 17.3. The van der Waals surface area contributed by atoms with Crippen LogP contribution in [0.25, 0.3) is 0 Å². The van der Waals surface area contributed by atoms with Gasteiger partial charge in [0.2, 0.25) is 7.37 Å². The van der Waals surface area contributed by atoms with Gasteiger partial charge in [-0.05, 0) is 0 Å². The van der Waals surface area contributed by atoms with Gasteiger partial charge in [0.1, 0.15) is 13.1 Å². The molecule has 152 valence electrons. The van der Waals surface area contributed by atoms with Gasteiger partial charge in [-0.2, -0.15) is 0 Å². The molecule has 0 radical (unpaired) electrons. The maximum absolute atomic E-state index is 11.6. The normalized spacial score (nSPS) is 20.5. The van der Waals surface area contributed by atoms with E-state index in [1.165, 1.54) is 0 Å². The fourth-order valence-electron chi connectivity index (χ4n) is 2.11. The van der Waals surface area contributed by atoms with Gasteiger partial charge < -0.3 is 43.7 Å². The van der Waals surface area contributed by atoms with Crippen LogP contribution in [0.1, 0.15) is 0 Å². The van der Waals surface area contributed by atoms with Gasteiger partial charge >= 0.3 is 22.8 Å². The third-order valence-electron chi connectivity index (χ3n) is 2.92. The monoisotopic (exact) mass is 450 g/mol. The maximum Gasteiger partial charge on any atom is 0.381 e. The summed E-state index contributed by atoms with van der Waals surface area (Å²) in [6.07, 6.45) is -2.66. The first-order valence-corrected chi connectivity index (χ1v) is 14.5. The summed E-state index contributed by atoms with van der Waals surface area (Å²) in [4.78, 5) is 55.1. The lowest BCUT2D eigenvalue weighted by Gasteiger charge is -2.25. The van der Waals surface area contributed by atoms with Gasteiger partial charge in [0.15, 0.2) is 25.1 Å². The van der Waals surface area contributed by atoms with E-state index in [1.54, 1.807) is 0 Å². The van der Waals surface area contributed by atoms with E-state index in [9.17, 15) is 28.0 Å². The molecular weight excluding hydrogens is 424 g/mol. The van der Waals surface area contributed by atoms with Gasteiger partial charge in [-0.15, -0.1) is 0 Å². The molecule has 0 aromatic heterocycles. The van der Waals surface area contributed by atoms with E-state index in [2.05, 4.69) is 4.52 Å². The van der Waals surface area contributed by atoms with Crippen LogP contribution in [0.2, 0.25) is 0 Å². The fraction of sp³-hybridized carbons (Fsp3) is 1.00. The first kappa shape index (κ1) is 25.6. The average Bonchev–Trinajstić information content (AvgIpc) is 2.29. The van der Waals surface area contributed by atoms with E-state index in [0.29, 0.717) is 0 Å². The molecule has 0 saturated heterocycles. The van der Waals surface area contributed by atoms with Gasteiger partial charge in [0.25, 0.3) is 0 Å². The van der Waals surface area contributed by atoms with Crippen LogP contribution in [0.5, 0.6) is 0 Å². The lowest BCUT2D eigenvalue weighted by molar-refractivity contribution is -0.937. The van der Waals surface area contributed by atoms with Crippen LogP contribution in [0, 0.1) is 0 Å². The number of hydrogen-bond acceptors (Lipinski definition) is 5. The van der Waals surface area contributed by atoms with Crippen molar-refractivity contribution in [1.82, 2.24) is 0 Å². The standard InChI is InChI=1S/C8H24N2O11P4/c1-21-25(19,20)8-10(7-24(16,17)18)4-3-9(5-22(2,11)12)6-23(13,14)15/h3-8H2,1-2H3,(H,11,12)(H,19,20)(H2,13,14,15)(H2,16,17,18)/p+2. The second-order valence-corrected chi connectivity index (χ2v) is 13.5. The van der Waals surface area contributed by atoms with Crippen molar-refractivity contribution in [1.29, 1.82) is 0 Å². The van der Waals surface area contributed by atoms with Crippen LogP contribution in [-0.4, -0.2) is 81.4 Å². The van der Waals surface area contributed by atoms with Gasteiger partial charge in [0.05, 0.1) is 0 Å². The minimum Gasteiger partial charge on any atom is -0.341 e. The third kappa shape index (κ3) is 15.3. The first-order valence-electron chi connectivity index (χ1n) is 6.85. The summed E-state index contributed by atoms with van der Waals surface area (Å²) in [6.45, 7) is 0.663. The van der Waals surface area contributed by atoms with Crippen LogP contribution in [-0.2, 0) is 22.8 Å². The molecule has 0 aromatic carbocycles. The summed E-state index contributed by atoms with van der Waals surface area (Å²) >= 11 is 0. The summed E-state index contributed by atoms with van der Waals surface area (Å²) < 4.78 is 49.8. The van der Waals surface area contributed by atoms with Crippen LogP contribution >= 0.6 is 30.2 Å². The lowest BCUT2D eigenvalue weighted by Crippen LogP contribution is -3.20. The molecule has 13 nitrogen and oxygen atoms in total. The molecule has 0 bridgehead atoms. The molecule has 8 N–H and O–H groups in total. The van der Waals surface area contributed by atoms with Crippen molar-refractivity contribution >= 4 is 30.2 Å². The Hall–Kier alpha value is 0.560. The molecule has 0 aliphatic rings. The summed E-state index contributed by atoms with van der Waals surface area (Å²) in [6, 6.07) is 0. The minimum absolute atomic E-state index is 0.0342. The van der Waals surface area contributed by atoms with E-state index in [4.69, 9.17) is 19.6 Å². The molecule has 0 heterocycles. The molecular formula is C8H26N2O11P4+2. The number of quaternary nitrogens is 2. The molecule has 0 aromatic rings. The molecule has 0 amide bonds. The van der Waals surface area contributed by atoms with Crippen LogP contribution in [0.3, 0.4) is 0 Å². The van der Waals surface area contributed by atoms with Crippen molar-refractivity contribution in [3.63, 3.8) is 0 Å². The first-order chi connectivity index (χ1) is 10.9. The maximum atomic E-state index is 11.6. The Bertz CT molecular complexity index is 585. The molecule has 4 atom stereocenters. The van der Waals surface area contributed by atoms with Crippen molar-refractivity contribution in [3.8, 4) is 0 Å². The van der Waals surface area contributed by atoms with Crippen LogP contribution in [0.4, 0.5) is 0 Å². The van der Waals surface area contributed by atoms with Gasteiger partial charge in [0, 0.05) is 13.8 Å². The largest absolute Gasteiger partial charge is 0.381 e. The predicted molar refractivity (Wildman–Crippen MR) is 87.8 cm³/mol. The molecule has 0 rings (SSSR count). The zero-order chi connectivity index (χ0) is 20.1. The highest BCUT2D eigenvalue weighted by Gasteiger charge is 2.33. The highest BCUT2D eigenvalue weighted by Crippen LogP contribution is 2.39. The lowest BCUT2D eigenvalue weighted by atomic mass is 10.5. The molecule has 0 spiro atoms. The van der Waals surface area contributed by atoms with Crippen LogP contribution < -0.4 is 9.80 Å². The highest BCUT2D eigenvalue weighted by molar-refractivity contribution is 7.57. The predicted octanol–water partition coefficient (Wildman–Crippen LogP) is -3.33. The van der Waals surface area contributed by atoms with E-state index in [0.717, 1.165) is 13.8 Å². The molecule has 0 fully saturated rings. The van der Waals surface area contributed by atoms with Gasteiger partial charge in [-0.3, -0.25) is 18.3 Å². The van der Waals surface area contributed by atoms with E-state index >= 15 is 0 Å². The molecule has 4 unspecified atom stereocenters. The summed E-state index contributed by atoms with van der Waals surface area (Å²) in [7, 11) is -15.8. The molecule has 17 heteroatoms. The topological polar surface area (TPSA) is 208 Å². The Morgan fingerprint density at radius 2 is 1.08 bits per heavy atom. The van der Waals surface area contributed by atoms with Crippen molar-refractivity contribution < 1.29 is 61.9 Å². The fourth-order valence-corrected chi connectivity index (χ4v) is 6.24. The molecule has 0 aliphatic heterocycles. The number of rotatable bonds is 12. The number of hydrogen-bond donors (Lipinski definition) is 8. The molecule has 0 aliphatic carbocycles. The van der Waals surface area contributed by atoms with Crippen molar-refractivity contribution in [3.05, 3.63) is 0 Å². The Morgan fingerprint density at radius 1 is 0.720 bits per heavy atom. The highest BCUT2D eigenvalue weighted by atomic mass is 31.2. The quantitative estimate of drug-likeness (QED) is 0.138. The Kier molecular flexibility index (Phi) is 9.88. The van der Waals surface area contributed by atoms with Crippen molar-refractivity contribution in [2.45, 2.75) is 0 Å². The average molecular weight is 450 g/mol. The molecule has 25 heavy (non-hydrogen) atoms. The van der Waals surface area contributed by atoms with E-state index in [1.807, 2.05) is 0 Å². The number of nitrogens with one attached hydrogen (secondary N) is 2. The SMILES string of the molecule is COP(=O)(O)C[NH+](CC[NH+](CP(C)(=O)O)CP(=O)(O)O)CP(=O)(O)O. The van der Waals surface area contributed by atoms with E-state index in [-0.39, 0.29) is 22.9 Å². The van der Waals surface area contributed by atoms with Crippen molar-refractivity contribution in [2.75, 3.05) is 52.0 Å². The second kappa shape index (κ2) is 9.66.